The normalized spacial score (nSPS) is 7.50. The summed E-state index contributed by atoms with van der Waals surface area (Å²) in [6, 6.07) is 0. The van der Waals surface area contributed by atoms with E-state index in [9.17, 15) is 0 Å². The number of ether oxygens (including phenoxy) is 3. The Morgan fingerprint density at radius 1 is 1.10 bits per heavy atom. The van der Waals surface area contributed by atoms with Crippen LogP contribution in [0.15, 0.2) is 0 Å². The van der Waals surface area contributed by atoms with Gasteiger partial charge in [-0.1, -0.05) is 0 Å². The standard InChI is InChI=1S/C4H10O2.C2H4O2/c1-5-3-4-6-2;1-4-2-3/h3-4H2,1-2H3;2H,1H3. The van der Waals surface area contributed by atoms with Crippen LogP contribution in [0.5, 0.6) is 0 Å². The number of carbonyl (C=O) groups is 1. The van der Waals surface area contributed by atoms with E-state index < -0.39 is 0 Å². The van der Waals surface area contributed by atoms with Gasteiger partial charge in [-0.05, 0) is 0 Å². The summed E-state index contributed by atoms with van der Waals surface area (Å²) in [7, 11) is 4.62. The van der Waals surface area contributed by atoms with Gasteiger partial charge in [-0.2, -0.15) is 0 Å². The average Bonchev–Trinajstić information content (AvgIpc) is 2.01. The molecule has 0 atom stereocenters. The van der Waals surface area contributed by atoms with Crippen LogP contribution in [-0.4, -0.2) is 41.0 Å². The molecule has 0 aliphatic carbocycles. The molecular formula is C6H14O4. The van der Waals surface area contributed by atoms with Gasteiger partial charge in [-0.3, -0.25) is 4.79 Å². The Bertz CT molecular complexity index is 51.7. The Balaban J connectivity index is 0. The molecule has 4 heteroatoms. The van der Waals surface area contributed by atoms with Crippen LogP contribution in [0, 0.1) is 0 Å². The molecule has 0 rings (SSSR count). The molecule has 0 heterocycles. The lowest BCUT2D eigenvalue weighted by Crippen LogP contribution is -1.96. The van der Waals surface area contributed by atoms with Crippen molar-refractivity contribution in [3.8, 4) is 0 Å². The third-order valence-electron chi connectivity index (χ3n) is 0.588. The summed E-state index contributed by atoms with van der Waals surface area (Å²) in [6.45, 7) is 1.76. The second-order valence-corrected chi connectivity index (χ2v) is 1.32. The highest BCUT2D eigenvalue weighted by Crippen LogP contribution is 1.65. The third kappa shape index (κ3) is 26.3. The summed E-state index contributed by atoms with van der Waals surface area (Å²) in [5.74, 6) is 0. The monoisotopic (exact) mass is 150 g/mol. The van der Waals surface area contributed by atoms with E-state index in [1.165, 1.54) is 7.11 Å². The van der Waals surface area contributed by atoms with Gasteiger partial charge < -0.3 is 14.2 Å². The van der Waals surface area contributed by atoms with E-state index in [0.29, 0.717) is 19.7 Å². The fourth-order valence-electron chi connectivity index (χ4n) is 0.167. The maximum atomic E-state index is 8.95. The summed E-state index contributed by atoms with van der Waals surface area (Å²) >= 11 is 0. The van der Waals surface area contributed by atoms with Gasteiger partial charge in [0.15, 0.2) is 0 Å². The lowest BCUT2D eigenvalue weighted by atomic mass is 10.8. The van der Waals surface area contributed by atoms with Crippen molar-refractivity contribution in [2.75, 3.05) is 34.5 Å². The van der Waals surface area contributed by atoms with Crippen molar-refractivity contribution in [3.63, 3.8) is 0 Å². The summed E-state index contributed by atoms with van der Waals surface area (Å²) in [4.78, 5) is 8.95. The van der Waals surface area contributed by atoms with Crippen LogP contribution in [-0.2, 0) is 19.0 Å². The zero-order valence-electron chi connectivity index (χ0n) is 6.62. The van der Waals surface area contributed by atoms with Crippen LogP contribution < -0.4 is 0 Å². The molecule has 0 N–H and O–H groups in total. The molecule has 0 aliphatic rings. The molecule has 0 amide bonds. The number of carbonyl (C=O) groups excluding carboxylic acids is 1. The minimum absolute atomic E-state index is 0.375. The molecule has 0 aliphatic heterocycles. The highest BCUT2D eigenvalue weighted by Gasteiger charge is 1.73. The lowest BCUT2D eigenvalue weighted by Gasteiger charge is -1.91. The molecule has 0 bridgehead atoms. The van der Waals surface area contributed by atoms with Crippen molar-refractivity contribution in [2.24, 2.45) is 0 Å². The van der Waals surface area contributed by atoms with E-state index in [2.05, 4.69) is 14.2 Å². The third-order valence-corrected chi connectivity index (χ3v) is 0.588. The molecule has 0 fully saturated rings. The number of hydrogen-bond donors (Lipinski definition) is 0. The van der Waals surface area contributed by atoms with Crippen molar-refractivity contribution in [1.82, 2.24) is 0 Å². The Morgan fingerprint density at radius 2 is 1.40 bits per heavy atom. The average molecular weight is 150 g/mol. The number of hydrogen-bond acceptors (Lipinski definition) is 4. The Kier molecular flexibility index (Phi) is 19.1. The SMILES string of the molecule is COC=O.COCCOC. The maximum absolute atomic E-state index is 8.95. The molecular weight excluding hydrogens is 136 g/mol. The topological polar surface area (TPSA) is 44.8 Å². The quantitative estimate of drug-likeness (QED) is 0.420. The van der Waals surface area contributed by atoms with E-state index in [-0.39, 0.29) is 0 Å². The zero-order valence-corrected chi connectivity index (χ0v) is 6.62. The van der Waals surface area contributed by atoms with Crippen LogP contribution in [0.1, 0.15) is 0 Å². The predicted molar refractivity (Wildman–Crippen MR) is 36.8 cm³/mol. The fraction of sp³-hybridized carbons (Fsp3) is 0.833. The Labute approximate surface area is 61.1 Å². The van der Waals surface area contributed by atoms with Crippen LogP contribution in [0.25, 0.3) is 0 Å². The zero-order chi connectivity index (χ0) is 8.24. The first-order valence-corrected chi connectivity index (χ1v) is 2.77. The van der Waals surface area contributed by atoms with E-state index in [0.717, 1.165) is 0 Å². The predicted octanol–water partition coefficient (Wildman–Crippen LogP) is 0.0684. The second kappa shape index (κ2) is 15.8. The first-order chi connectivity index (χ1) is 4.83. The minimum Gasteiger partial charge on any atom is -0.471 e. The van der Waals surface area contributed by atoms with Gasteiger partial charge in [-0.15, -0.1) is 0 Å². The molecule has 0 saturated carbocycles. The van der Waals surface area contributed by atoms with E-state index in [4.69, 9.17) is 4.79 Å². The first kappa shape index (κ1) is 12.1. The molecule has 0 spiro atoms. The van der Waals surface area contributed by atoms with Crippen LogP contribution in [0.4, 0.5) is 0 Å². The Morgan fingerprint density at radius 3 is 1.50 bits per heavy atom. The highest BCUT2D eigenvalue weighted by molar-refractivity contribution is 5.36. The van der Waals surface area contributed by atoms with Crippen molar-refractivity contribution in [1.29, 1.82) is 0 Å². The van der Waals surface area contributed by atoms with E-state index in [1.54, 1.807) is 14.2 Å². The molecule has 62 valence electrons. The summed E-state index contributed by atoms with van der Waals surface area (Å²) in [5.41, 5.74) is 0. The molecule has 10 heavy (non-hydrogen) atoms. The largest absolute Gasteiger partial charge is 0.471 e. The van der Waals surface area contributed by atoms with Gasteiger partial charge in [0, 0.05) is 14.2 Å². The van der Waals surface area contributed by atoms with E-state index >= 15 is 0 Å². The van der Waals surface area contributed by atoms with Gasteiger partial charge in [-0.25, -0.2) is 0 Å². The molecule has 0 aromatic rings. The van der Waals surface area contributed by atoms with Gasteiger partial charge in [0.25, 0.3) is 6.47 Å². The lowest BCUT2D eigenvalue weighted by molar-refractivity contribution is -0.126. The molecule has 0 saturated heterocycles. The minimum atomic E-state index is 0.375. The van der Waals surface area contributed by atoms with Crippen molar-refractivity contribution < 1.29 is 19.0 Å². The highest BCUT2D eigenvalue weighted by atomic mass is 16.5. The molecule has 0 aromatic heterocycles. The summed E-state index contributed by atoms with van der Waals surface area (Å²) < 4.78 is 13.2. The van der Waals surface area contributed by atoms with Gasteiger partial charge in [0.05, 0.1) is 20.3 Å². The Hall–Kier alpha value is -0.610. The first-order valence-electron chi connectivity index (χ1n) is 2.77. The summed E-state index contributed by atoms with van der Waals surface area (Å²) in [6.07, 6.45) is 0. The number of rotatable bonds is 4. The van der Waals surface area contributed by atoms with Crippen LogP contribution >= 0.6 is 0 Å². The fourth-order valence-corrected chi connectivity index (χ4v) is 0.167. The van der Waals surface area contributed by atoms with Crippen LogP contribution in [0.3, 0.4) is 0 Å². The summed E-state index contributed by atoms with van der Waals surface area (Å²) in [5, 5.41) is 0. The maximum Gasteiger partial charge on any atom is 0.292 e. The molecule has 4 nitrogen and oxygen atoms in total. The van der Waals surface area contributed by atoms with E-state index in [1.807, 2.05) is 0 Å². The number of methoxy groups -OCH3 is 3. The van der Waals surface area contributed by atoms with Gasteiger partial charge in [0.1, 0.15) is 0 Å². The second-order valence-electron chi connectivity index (χ2n) is 1.32. The van der Waals surface area contributed by atoms with Crippen LogP contribution in [0.2, 0.25) is 0 Å². The molecule has 0 unspecified atom stereocenters. The van der Waals surface area contributed by atoms with Crippen molar-refractivity contribution >= 4 is 6.47 Å². The smallest absolute Gasteiger partial charge is 0.292 e. The van der Waals surface area contributed by atoms with Gasteiger partial charge >= 0.3 is 0 Å². The van der Waals surface area contributed by atoms with Crippen molar-refractivity contribution in [3.05, 3.63) is 0 Å². The molecule has 0 radical (unpaired) electrons. The van der Waals surface area contributed by atoms with Crippen molar-refractivity contribution in [2.45, 2.75) is 0 Å². The molecule has 0 aromatic carbocycles. The van der Waals surface area contributed by atoms with Gasteiger partial charge in [0.2, 0.25) is 0 Å².